The number of thioether (sulfide) groups is 1. The van der Waals surface area contributed by atoms with Crippen LogP contribution in [0, 0.1) is 0 Å². The molecule has 0 aromatic carbocycles. The van der Waals surface area contributed by atoms with E-state index in [1.165, 1.54) is 43.7 Å². The van der Waals surface area contributed by atoms with Crippen molar-refractivity contribution in [2.45, 2.75) is 45.6 Å². The molecule has 0 saturated carbocycles. The Labute approximate surface area is 100.0 Å². The average Bonchev–Trinajstić information content (AvgIpc) is 2.24. The highest BCUT2D eigenvalue weighted by atomic mass is 32.2. The van der Waals surface area contributed by atoms with Gasteiger partial charge >= 0.3 is 0 Å². The third-order valence-corrected chi connectivity index (χ3v) is 3.74. The van der Waals surface area contributed by atoms with Gasteiger partial charge in [-0.25, -0.2) is 0 Å². The molecule has 2 nitrogen and oxygen atoms in total. The van der Waals surface area contributed by atoms with Gasteiger partial charge in [-0.15, -0.1) is 0 Å². The van der Waals surface area contributed by atoms with E-state index in [1.54, 1.807) is 0 Å². The van der Waals surface area contributed by atoms with E-state index in [9.17, 15) is 0 Å². The van der Waals surface area contributed by atoms with Gasteiger partial charge in [-0.05, 0) is 37.9 Å². The normalized spacial score (nSPS) is 13.4. The molecule has 0 radical (unpaired) electrons. The van der Waals surface area contributed by atoms with Gasteiger partial charge in [0.1, 0.15) is 0 Å². The van der Waals surface area contributed by atoms with E-state index in [1.807, 2.05) is 11.8 Å². The summed E-state index contributed by atoms with van der Waals surface area (Å²) in [5.74, 6) is 2.47. The molecule has 92 valence electrons. The lowest BCUT2D eigenvalue weighted by Gasteiger charge is -2.26. The van der Waals surface area contributed by atoms with Gasteiger partial charge in [-0.2, -0.15) is 11.8 Å². The van der Waals surface area contributed by atoms with E-state index in [0.29, 0.717) is 6.04 Å². The minimum absolute atomic E-state index is 0.584. The molecule has 0 fully saturated rings. The molecular formula is C12H28N2S. The Hall–Kier alpha value is 0.270. The smallest absolute Gasteiger partial charge is 0.0223 e. The van der Waals surface area contributed by atoms with Crippen molar-refractivity contribution >= 4 is 11.8 Å². The van der Waals surface area contributed by atoms with Gasteiger partial charge in [-0.3, -0.25) is 0 Å². The summed E-state index contributed by atoms with van der Waals surface area (Å²) in [6.07, 6.45) is 5.18. The number of unbranched alkanes of at least 4 members (excludes halogenated alkanes) is 2. The van der Waals surface area contributed by atoms with Crippen LogP contribution in [0.15, 0.2) is 0 Å². The molecule has 1 unspecified atom stereocenters. The van der Waals surface area contributed by atoms with Crippen molar-refractivity contribution in [2.24, 2.45) is 5.73 Å². The first-order chi connectivity index (χ1) is 7.26. The van der Waals surface area contributed by atoms with Gasteiger partial charge in [0.2, 0.25) is 0 Å². The number of likely N-dealkylation sites (N-methyl/N-ethyl adjacent to an activating group) is 1. The fraction of sp³-hybridized carbons (Fsp3) is 1.00. The summed E-state index contributed by atoms with van der Waals surface area (Å²) in [5.41, 5.74) is 5.81. The highest BCUT2D eigenvalue weighted by Crippen LogP contribution is 2.09. The molecule has 0 saturated heterocycles. The zero-order valence-corrected chi connectivity index (χ0v) is 11.5. The first kappa shape index (κ1) is 15.3. The van der Waals surface area contributed by atoms with Crippen LogP contribution in [0.4, 0.5) is 0 Å². The molecule has 0 aromatic heterocycles. The monoisotopic (exact) mass is 232 g/mol. The summed E-state index contributed by atoms with van der Waals surface area (Å²) in [5, 5.41) is 0. The molecule has 0 aromatic rings. The lowest BCUT2D eigenvalue weighted by Crippen LogP contribution is -2.38. The van der Waals surface area contributed by atoms with E-state index in [0.717, 1.165) is 6.54 Å². The second-order valence-corrected chi connectivity index (χ2v) is 5.46. The number of rotatable bonds is 10. The molecule has 15 heavy (non-hydrogen) atoms. The van der Waals surface area contributed by atoms with Crippen LogP contribution in [0.1, 0.15) is 39.5 Å². The zero-order valence-electron chi connectivity index (χ0n) is 10.7. The molecular weight excluding hydrogens is 204 g/mol. The predicted molar refractivity (Wildman–Crippen MR) is 72.6 cm³/mol. The lowest BCUT2D eigenvalue weighted by atomic mass is 10.1. The van der Waals surface area contributed by atoms with Crippen LogP contribution in [-0.4, -0.2) is 42.6 Å². The number of nitrogens with zero attached hydrogens (tertiary/aromatic N) is 1. The van der Waals surface area contributed by atoms with Crippen LogP contribution in [0.25, 0.3) is 0 Å². The molecule has 0 amide bonds. The van der Waals surface area contributed by atoms with E-state index in [-0.39, 0.29) is 0 Å². The largest absolute Gasteiger partial charge is 0.329 e. The summed E-state index contributed by atoms with van der Waals surface area (Å²) in [6, 6.07) is 0.584. The van der Waals surface area contributed by atoms with Crippen LogP contribution in [0.3, 0.4) is 0 Å². The van der Waals surface area contributed by atoms with E-state index < -0.39 is 0 Å². The molecule has 0 rings (SSSR count). The van der Waals surface area contributed by atoms with Gasteiger partial charge in [0.05, 0.1) is 0 Å². The van der Waals surface area contributed by atoms with Gasteiger partial charge in [0.25, 0.3) is 0 Å². The van der Waals surface area contributed by atoms with Crippen molar-refractivity contribution in [1.29, 1.82) is 0 Å². The third-order valence-electron chi connectivity index (χ3n) is 2.81. The molecule has 0 aliphatic carbocycles. The maximum atomic E-state index is 5.81. The van der Waals surface area contributed by atoms with E-state index in [4.69, 9.17) is 5.73 Å². The summed E-state index contributed by atoms with van der Waals surface area (Å²) < 4.78 is 0. The van der Waals surface area contributed by atoms with Crippen LogP contribution >= 0.6 is 11.8 Å². The fourth-order valence-electron chi connectivity index (χ4n) is 1.68. The Morgan fingerprint density at radius 1 is 1.27 bits per heavy atom. The standard InChI is InChI=1S/C12H28N2S/c1-4-6-7-9-14(3)12(11-13)8-10-15-5-2/h12H,4-11,13H2,1-3H3. The van der Waals surface area contributed by atoms with E-state index >= 15 is 0 Å². The van der Waals surface area contributed by atoms with Crippen LogP contribution in [0.2, 0.25) is 0 Å². The van der Waals surface area contributed by atoms with Crippen molar-refractivity contribution < 1.29 is 0 Å². The Morgan fingerprint density at radius 3 is 2.53 bits per heavy atom. The van der Waals surface area contributed by atoms with Crippen molar-refractivity contribution in [2.75, 3.05) is 31.6 Å². The summed E-state index contributed by atoms with van der Waals surface area (Å²) >= 11 is 2.02. The van der Waals surface area contributed by atoms with Crippen molar-refractivity contribution in [3.63, 3.8) is 0 Å². The van der Waals surface area contributed by atoms with Gasteiger partial charge in [0, 0.05) is 12.6 Å². The van der Waals surface area contributed by atoms with Gasteiger partial charge < -0.3 is 10.6 Å². The zero-order chi connectivity index (χ0) is 11.5. The maximum Gasteiger partial charge on any atom is 0.0223 e. The lowest BCUT2D eigenvalue weighted by molar-refractivity contribution is 0.237. The molecule has 0 spiro atoms. The highest BCUT2D eigenvalue weighted by molar-refractivity contribution is 7.99. The second-order valence-electron chi connectivity index (χ2n) is 4.06. The molecule has 2 N–H and O–H groups in total. The van der Waals surface area contributed by atoms with Crippen LogP contribution < -0.4 is 5.73 Å². The quantitative estimate of drug-likeness (QED) is 0.587. The average molecular weight is 232 g/mol. The highest BCUT2D eigenvalue weighted by Gasteiger charge is 2.11. The Kier molecular flexibility index (Phi) is 11.0. The topological polar surface area (TPSA) is 29.3 Å². The molecule has 0 aliphatic heterocycles. The van der Waals surface area contributed by atoms with Crippen molar-refractivity contribution in [3.8, 4) is 0 Å². The third kappa shape index (κ3) is 8.12. The molecule has 0 aliphatic rings. The molecule has 0 heterocycles. The van der Waals surface area contributed by atoms with Gasteiger partial charge in [-0.1, -0.05) is 26.7 Å². The van der Waals surface area contributed by atoms with Crippen LogP contribution in [-0.2, 0) is 0 Å². The summed E-state index contributed by atoms with van der Waals surface area (Å²) in [7, 11) is 2.21. The second kappa shape index (κ2) is 10.8. The minimum Gasteiger partial charge on any atom is -0.329 e. The molecule has 0 bridgehead atoms. The number of nitrogens with two attached hydrogens (primary N) is 1. The Bertz CT molecular complexity index is 131. The first-order valence-corrected chi connectivity index (χ1v) is 7.39. The first-order valence-electron chi connectivity index (χ1n) is 6.24. The molecule has 1 atom stereocenters. The maximum absolute atomic E-state index is 5.81. The molecule has 3 heteroatoms. The van der Waals surface area contributed by atoms with Gasteiger partial charge in [0.15, 0.2) is 0 Å². The SMILES string of the molecule is CCCCCN(C)C(CN)CCSCC. The van der Waals surface area contributed by atoms with E-state index in [2.05, 4.69) is 25.8 Å². The summed E-state index contributed by atoms with van der Waals surface area (Å²) in [6.45, 7) is 6.46. The Morgan fingerprint density at radius 2 is 2.00 bits per heavy atom. The summed E-state index contributed by atoms with van der Waals surface area (Å²) in [4.78, 5) is 2.44. The minimum atomic E-state index is 0.584. The van der Waals surface area contributed by atoms with Crippen molar-refractivity contribution in [3.05, 3.63) is 0 Å². The van der Waals surface area contributed by atoms with Crippen LogP contribution in [0.5, 0.6) is 0 Å². The number of hydrogen-bond donors (Lipinski definition) is 1. The van der Waals surface area contributed by atoms with Crippen molar-refractivity contribution in [1.82, 2.24) is 4.90 Å². The predicted octanol–water partition coefficient (Wildman–Crippen LogP) is 2.58. The Balaban J connectivity index is 3.62. The fourth-order valence-corrected chi connectivity index (χ4v) is 2.40. The number of hydrogen-bond acceptors (Lipinski definition) is 3.